The summed E-state index contributed by atoms with van der Waals surface area (Å²) in [5.74, 6) is -0.325. The van der Waals surface area contributed by atoms with E-state index in [2.05, 4.69) is 15.4 Å². The van der Waals surface area contributed by atoms with Gasteiger partial charge in [0.25, 0.3) is 5.91 Å². The van der Waals surface area contributed by atoms with Crippen molar-refractivity contribution in [2.45, 2.75) is 6.54 Å². The maximum Gasteiger partial charge on any atom is 0.278 e. The van der Waals surface area contributed by atoms with Gasteiger partial charge in [-0.3, -0.25) is 14.5 Å². The second-order valence-corrected chi connectivity index (χ2v) is 6.71. The molecule has 0 spiro atoms. The van der Waals surface area contributed by atoms with E-state index in [1.54, 1.807) is 35.1 Å². The molecule has 27 heavy (non-hydrogen) atoms. The van der Waals surface area contributed by atoms with E-state index >= 15 is 0 Å². The van der Waals surface area contributed by atoms with Gasteiger partial charge in [0.15, 0.2) is 5.69 Å². The number of benzene rings is 2. The molecular weight excluding hydrogens is 383 g/mol. The number of nitrogens with zero attached hydrogens (tertiary/aromatic N) is 3. The molecule has 2 aromatic carbocycles. The van der Waals surface area contributed by atoms with Crippen LogP contribution < -0.4 is 5.32 Å². The van der Waals surface area contributed by atoms with Gasteiger partial charge in [0.1, 0.15) is 5.52 Å². The van der Waals surface area contributed by atoms with Crippen LogP contribution in [0.15, 0.2) is 66.9 Å². The average molecular weight is 397 g/mol. The minimum atomic E-state index is -0.325. The number of amides is 1. The van der Waals surface area contributed by atoms with Crippen molar-refractivity contribution in [2.75, 3.05) is 5.32 Å². The van der Waals surface area contributed by atoms with Crippen molar-refractivity contribution in [3.05, 3.63) is 88.2 Å². The van der Waals surface area contributed by atoms with Gasteiger partial charge in [0, 0.05) is 27.5 Å². The van der Waals surface area contributed by atoms with Crippen LogP contribution in [0.5, 0.6) is 0 Å². The Bertz CT molecular complexity index is 1110. The lowest BCUT2D eigenvalue weighted by Gasteiger charge is -2.08. The largest absolute Gasteiger partial charge is 0.321 e. The highest BCUT2D eigenvalue weighted by molar-refractivity contribution is 6.36. The molecule has 134 valence electrons. The number of nitrogens with one attached hydrogen (secondary N) is 1. The first-order valence-electron chi connectivity index (χ1n) is 8.24. The van der Waals surface area contributed by atoms with Gasteiger partial charge in [-0.05, 0) is 36.4 Å². The van der Waals surface area contributed by atoms with Gasteiger partial charge in [0.05, 0.1) is 12.1 Å². The summed E-state index contributed by atoms with van der Waals surface area (Å²) in [6, 6.07) is 18.2. The van der Waals surface area contributed by atoms with E-state index in [0.717, 1.165) is 11.1 Å². The van der Waals surface area contributed by atoms with Crippen LogP contribution in [-0.2, 0) is 6.54 Å². The summed E-state index contributed by atoms with van der Waals surface area (Å²) < 4.78 is 1.69. The predicted octanol–water partition coefficient (Wildman–Crippen LogP) is 5.04. The van der Waals surface area contributed by atoms with Crippen LogP contribution in [0, 0.1) is 0 Å². The van der Waals surface area contributed by atoms with Gasteiger partial charge in [0.2, 0.25) is 0 Å². The summed E-state index contributed by atoms with van der Waals surface area (Å²) >= 11 is 12.6. The number of carbonyl (C=O) groups is 1. The fourth-order valence-corrected chi connectivity index (χ4v) is 3.34. The first-order chi connectivity index (χ1) is 13.1. The number of para-hydroxylation sites is 1. The number of carbonyl (C=O) groups excluding carboxylic acids is 1. The molecule has 0 saturated heterocycles. The first-order valence-corrected chi connectivity index (χ1v) is 9.00. The van der Waals surface area contributed by atoms with E-state index in [-0.39, 0.29) is 11.6 Å². The molecular formula is C20H14Cl2N4O. The average Bonchev–Trinajstić information content (AvgIpc) is 3.04. The summed E-state index contributed by atoms with van der Waals surface area (Å²) in [6.45, 7) is 0.333. The Kier molecular flexibility index (Phi) is 4.79. The number of hydrogen-bond donors (Lipinski definition) is 1. The van der Waals surface area contributed by atoms with Crippen LogP contribution in [0.25, 0.3) is 11.0 Å². The number of fused-ring (bicyclic) bond motifs is 1. The van der Waals surface area contributed by atoms with E-state index in [0.29, 0.717) is 27.8 Å². The van der Waals surface area contributed by atoms with E-state index in [4.69, 9.17) is 23.2 Å². The SMILES string of the molecule is O=C(Nc1ccccc1)c1nn(Cc2c(Cl)cccc2Cl)c2cccnc12. The zero-order valence-corrected chi connectivity index (χ0v) is 15.6. The molecule has 0 unspecified atom stereocenters. The molecule has 0 atom stereocenters. The Labute approximate surface area is 165 Å². The van der Waals surface area contributed by atoms with Gasteiger partial charge < -0.3 is 5.32 Å². The summed E-state index contributed by atoms with van der Waals surface area (Å²) in [5, 5.41) is 8.42. The van der Waals surface area contributed by atoms with Crippen LogP contribution in [-0.4, -0.2) is 20.7 Å². The predicted molar refractivity (Wildman–Crippen MR) is 107 cm³/mol. The third kappa shape index (κ3) is 3.52. The monoisotopic (exact) mass is 396 g/mol. The third-order valence-electron chi connectivity index (χ3n) is 4.13. The third-order valence-corrected chi connectivity index (χ3v) is 4.83. The first kappa shape index (κ1) is 17.5. The molecule has 0 fully saturated rings. The highest BCUT2D eigenvalue weighted by atomic mass is 35.5. The molecule has 0 bridgehead atoms. The van der Waals surface area contributed by atoms with E-state index in [1.165, 1.54) is 0 Å². The molecule has 5 nitrogen and oxygen atoms in total. The normalized spacial score (nSPS) is 10.9. The lowest BCUT2D eigenvalue weighted by molar-refractivity contribution is 0.102. The maximum absolute atomic E-state index is 12.7. The molecule has 4 rings (SSSR count). The Morgan fingerprint density at radius 3 is 2.44 bits per heavy atom. The highest BCUT2D eigenvalue weighted by Crippen LogP contribution is 2.27. The van der Waals surface area contributed by atoms with Gasteiger partial charge in [-0.2, -0.15) is 5.10 Å². The molecule has 0 aliphatic carbocycles. The summed E-state index contributed by atoms with van der Waals surface area (Å²) in [5.41, 5.74) is 2.93. The fourth-order valence-electron chi connectivity index (χ4n) is 2.83. The van der Waals surface area contributed by atoms with E-state index in [9.17, 15) is 4.79 Å². The van der Waals surface area contributed by atoms with Crippen LogP contribution in [0.4, 0.5) is 5.69 Å². The number of rotatable bonds is 4. The van der Waals surface area contributed by atoms with Crippen molar-refractivity contribution in [1.82, 2.24) is 14.8 Å². The van der Waals surface area contributed by atoms with Crippen molar-refractivity contribution in [3.63, 3.8) is 0 Å². The maximum atomic E-state index is 12.7. The fraction of sp³-hybridized carbons (Fsp3) is 0.0500. The summed E-state index contributed by atoms with van der Waals surface area (Å²) in [7, 11) is 0. The molecule has 7 heteroatoms. The number of aromatic nitrogens is 3. The second-order valence-electron chi connectivity index (χ2n) is 5.90. The van der Waals surface area contributed by atoms with Crippen molar-refractivity contribution in [3.8, 4) is 0 Å². The molecule has 2 aromatic heterocycles. The molecule has 0 saturated carbocycles. The van der Waals surface area contributed by atoms with E-state index in [1.807, 2.05) is 36.4 Å². The van der Waals surface area contributed by atoms with Gasteiger partial charge in [-0.25, -0.2) is 0 Å². The number of anilines is 1. The van der Waals surface area contributed by atoms with Gasteiger partial charge in [-0.1, -0.05) is 47.5 Å². The summed E-state index contributed by atoms with van der Waals surface area (Å²) in [4.78, 5) is 17.1. The molecule has 2 heterocycles. The molecule has 4 aromatic rings. The topological polar surface area (TPSA) is 59.8 Å². The minimum Gasteiger partial charge on any atom is -0.321 e. The standard InChI is InChI=1S/C20H14Cl2N4O/c21-15-8-4-9-16(22)14(15)12-26-17-10-5-11-23-18(17)19(25-26)20(27)24-13-6-2-1-3-7-13/h1-11H,12H2,(H,24,27). The lowest BCUT2D eigenvalue weighted by atomic mass is 10.2. The Morgan fingerprint density at radius 1 is 0.963 bits per heavy atom. The smallest absolute Gasteiger partial charge is 0.278 e. The zero-order chi connectivity index (χ0) is 18.8. The highest BCUT2D eigenvalue weighted by Gasteiger charge is 2.19. The second kappa shape index (κ2) is 7.39. The molecule has 1 N–H and O–H groups in total. The van der Waals surface area contributed by atoms with Crippen LogP contribution in [0.3, 0.4) is 0 Å². The number of hydrogen-bond acceptors (Lipinski definition) is 3. The van der Waals surface area contributed by atoms with Gasteiger partial charge in [-0.15, -0.1) is 0 Å². The Morgan fingerprint density at radius 2 is 1.70 bits per heavy atom. The van der Waals surface area contributed by atoms with Gasteiger partial charge >= 0.3 is 0 Å². The molecule has 0 radical (unpaired) electrons. The Hall–Kier alpha value is -2.89. The number of halogens is 2. The van der Waals surface area contributed by atoms with Crippen LogP contribution >= 0.6 is 23.2 Å². The number of pyridine rings is 1. The van der Waals surface area contributed by atoms with Crippen molar-refractivity contribution in [1.29, 1.82) is 0 Å². The van der Waals surface area contributed by atoms with Crippen molar-refractivity contribution >= 4 is 45.8 Å². The Balaban J connectivity index is 1.74. The molecule has 1 amide bonds. The molecule has 0 aliphatic heterocycles. The van der Waals surface area contributed by atoms with E-state index < -0.39 is 0 Å². The minimum absolute atomic E-state index is 0.248. The van der Waals surface area contributed by atoms with Crippen molar-refractivity contribution < 1.29 is 4.79 Å². The van der Waals surface area contributed by atoms with Crippen LogP contribution in [0.2, 0.25) is 10.0 Å². The zero-order valence-electron chi connectivity index (χ0n) is 14.1. The lowest BCUT2D eigenvalue weighted by Crippen LogP contribution is -2.14. The summed E-state index contributed by atoms with van der Waals surface area (Å²) in [6.07, 6.45) is 1.64. The van der Waals surface area contributed by atoms with Crippen LogP contribution in [0.1, 0.15) is 16.1 Å². The quantitative estimate of drug-likeness (QED) is 0.525. The van der Waals surface area contributed by atoms with Crippen molar-refractivity contribution in [2.24, 2.45) is 0 Å². The molecule has 0 aliphatic rings.